The van der Waals surface area contributed by atoms with Crippen LogP contribution >= 0.6 is 0 Å². The lowest BCUT2D eigenvalue weighted by atomic mass is 10.2. The van der Waals surface area contributed by atoms with E-state index in [2.05, 4.69) is 10.6 Å². The topological polar surface area (TPSA) is 80.6 Å². The molecule has 132 valence electrons. The predicted octanol–water partition coefficient (Wildman–Crippen LogP) is 2.97. The first-order valence-electron chi connectivity index (χ1n) is 8.05. The van der Waals surface area contributed by atoms with Gasteiger partial charge in [-0.3, -0.25) is 9.59 Å². The molecule has 1 aromatic heterocycles. The number of hydrogen-bond donors (Lipinski definition) is 2. The van der Waals surface area contributed by atoms with Crippen LogP contribution in [0.4, 0.5) is 0 Å². The Kier molecular flexibility index (Phi) is 6.39. The molecule has 2 aromatic rings. The number of nitrogens with one attached hydrogen (secondary N) is 2. The SMILES string of the molecule is CC[C@H](C)NC(=O)/C(=C/c1ccco1)NC(=O)c1ccc(OC)cc1. The molecule has 0 saturated heterocycles. The maximum absolute atomic E-state index is 12.5. The fourth-order valence-corrected chi connectivity index (χ4v) is 2.01. The second-order valence-corrected chi connectivity index (χ2v) is 5.54. The van der Waals surface area contributed by atoms with Crippen LogP contribution in [0.1, 0.15) is 36.4 Å². The normalized spacial score (nSPS) is 12.4. The summed E-state index contributed by atoms with van der Waals surface area (Å²) >= 11 is 0. The highest BCUT2D eigenvalue weighted by Gasteiger charge is 2.16. The molecule has 0 unspecified atom stereocenters. The lowest BCUT2D eigenvalue weighted by Crippen LogP contribution is -2.38. The van der Waals surface area contributed by atoms with Gasteiger partial charge in [0, 0.05) is 17.7 Å². The third-order valence-electron chi connectivity index (χ3n) is 3.66. The summed E-state index contributed by atoms with van der Waals surface area (Å²) in [6.45, 7) is 3.87. The zero-order chi connectivity index (χ0) is 18.2. The molecule has 0 radical (unpaired) electrons. The largest absolute Gasteiger partial charge is 0.497 e. The highest BCUT2D eigenvalue weighted by molar-refractivity contribution is 6.05. The Bertz CT molecular complexity index is 733. The van der Waals surface area contributed by atoms with Gasteiger partial charge in [0.15, 0.2) is 0 Å². The standard InChI is InChI=1S/C19H22N2O4/c1-4-13(2)20-19(23)17(12-16-6-5-11-25-16)21-18(22)14-7-9-15(24-3)10-8-14/h5-13H,4H2,1-3H3,(H,20,23)(H,21,22)/b17-12-/t13-/m0/s1. The van der Waals surface area contributed by atoms with Crippen LogP contribution in [0.5, 0.6) is 5.75 Å². The molecule has 6 nitrogen and oxygen atoms in total. The van der Waals surface area contributed by atoms with Crippen molar-refractivity contribution >= 4 is 17.9 Å². The van der Waals surface area contributed by atoms with Gasteiger partial charge in [-0.05, 0) is 49.7 Å². The van der Waals surface area contributed by atoms with E-state index in [9.17, 15) is 9.59 Å². The van der Waals surface area contributed by atoms with E-state index in [-0.39, 0.29) is 23.6 Å². The van der Waals surface area contributed by atoms with Crippen molar-refractivity contribution in [3.05, 3.63) is 59.7 Å². The summed E-state index contributed by atoms with van der Waals surface area (Å²) in [6.07, 6.45) is 3.78. The Balaban J connectivity index is 2.19. The lowest BCUT2D eigenvalue weighted by Gasteiger charge is -2.14. The van der Waals surface area contributed by atoms with Crippen molar-refractivity contribution in [3.8, 4) is 5.75 Å². The van der Waals surface area contributed by atoms with Gasteiger partial charge in [-0.2, -0.15) is 0 Å². The average Bonchev–Trinajstić information content (AvgIpc) is 3.14. The first kappa shape index (κ1) is 18.3. The molecule has 0 spiro atoms. The summed E-state index contributed by atoms with van der Waals surface area (Å²) in [7, 11) is 1.55. The van der Waals surface area contributed by atoms with Gasteiger partial charge in [0.25, 0.3) is 11.8 Å². The van der Waals surface area contributed by atoms with Crippen molar-refractivity contribution in [2.45, 2.75) is 26.3 Å². The molecule has 1 heterocycles. The van der Waals surface area contributed by atoms with Gasteiger partial charge in [-0.1, -0.05) is 6.92 Å². The van der Waals surface area contributed by atoms with E-state index in [0.29, 0.717) is 17.1 Å². The molecule has 0 aliphatic heterocycles. The molecule has 1 atom stereocenters. The molecule has 0 aliphatic carbocycles. The lowest BCUT2D eigenvalue weighted by molar-refractivity contribution is -0.118. The number of rotatable bonds is 7. The van der Waals surface area contributed by atoms with Gasteiger partial charge in [0.1, 0.15) is 17.2 Å². The highest BCUT2D eigenvalue weighted by atomic mass is 16.5. The first-order valence-corrected chi connectivity index (χ1v) is 8.05. The molecule has 2 N–H and O–H groups in total. The third kappa shape index (κ3) is 5.24. The third-order valence-corrected chi connectivity index (χ3v) is 3.66. The highest BCUT2D eigenvalue weighted by Crippen LogP contribution is 2.12. The molecule has 2 rings (SSSR count). The maximum atomic E-state index is 12.5. The summed E-state index contributed by atoms with van der Waals surface area (Å²) in [5.41, 5.74) is 0.540. The number of carbonyl (C=O) groups excluding carboxylic acids is 2. The number of methoxy groups -OCH3 is 1. The van der Waals surface area contributed by atoms with E-state index in [4.69, 9.17) is 9.15 Å². The van der Waals surface area contributed by atoms with Crippen molar-refractivity contribution in [3.63, 3.8) is 0 Å². The molecule has 1 aromatic carbocycles. The van der Waals surface area contributed by atoms with Crippen molar-refractivity contribution in [1.29, 1.82) is 0 Å². The monoisotopic (exact) mass is 342 g/mol. The van der Waals surface area contributed by atoms with Crippen molar-refractivity contribution in [2.75, 3.05) is 7.11 Å². The second kappa shape index (κ2) is 8.73. The minimum atomic E-state index is -0.389. The van der Waals surface area contributed by atoms with E-state index in [1.165, 1.54) is 12.3 Å². The molecule has 2 amide bonds. The van der Waals surface area contributed by atoms with Gasteiger partial charge >= 0.3 is 0 Å². The number of benzene rings is 1. The fraction of sp³-hybridized carbons (Fsp3) is 0.263. The van der Waals surface area contributed by atoms with Crippen molar-refractivity contribution in [1.82, 2.24) is 10.6 Å². The van der Waals surface area contributed by atoms with Gasteiger partial charge < -0.3 is 19.8 Å². The quantitative estimate of drug-likeness (QED) is 0.758. The summed E-state index contributed by atoms with van der Waals surface area (Å²) in [6, 6.07) is 10.0. The van der Waals surface area contributed by atoms with Gasteiger partial charge in [0.2, 0.25) is 0 Å². The van der Waals surface area contributed by atoms with Crippen LogP contribution in [0, 0.1) is 0 Å². The Morgan fingerprint density at radius 1 is 1.24 bits per heavy atom. The molecule has 6 heteroatoms. The minimum Gasteiger partial charge on any atom is -0.497 e. The van der Waals surface area contributed by atoms with Crippen LogP contribution in [0.2, 0.25) is 0 Å². The van der Waals surface area contributed by atoms with Crippen molar-refractivity contribution < 1.29 is 18.7 Å². The smallest absolute Gasteiger partial charge is 0.268 e. The number of furan rings is 1. The molecule has 0 saturated carbocycles. The van der Waals surface area contributed by atoms with Crippen LogP contribution in [0.25, 0.3) is 6.08 Å². The average molecular weight is 342 g/mol. The van der Waals surface area contributed by atoms with E-state index in [1.807, 2.05) is 13.8 Å². The zero-order valence-electron chi connectivity index (χ0n) is 14.5. The second-order valence-electron chi connectivity index (χ2n) is 5.54. The molecule has 0 aliphatic rings. The van der Waals surface area contributed by atoms with Crippen LogP contribution in [0.15, 0.2) is 52.8 Å². The van der Waals surface area contributed by atoms with Crippen molar-refractivity contribution in [2.24, 2.45) is 0 Å². The van der Waals surface area contributed by atoms with Gasteiger partial charge in [-0.15, -0.1) is 0 Å². The van der Waals surface area contributed by atoms with Crippen LogP contribution in [-0.2, 0) is 4.79 Å². The number of carbonyl (C=O) groups is 2. The van der Waals surface area contributed by atoms with E-state index >= 15 is 0 Å². The first-order chi connectivity index (χ1) is 12.0. The number of hydrogen-bond acceptors (Lipinski definition) is 4. The summed E-state index contributed by atoms with van der Waals surface area (Å²) in [5.74, 6) is 0.370. The Hall–Kier alpha value is -3.02. The number of amides is 2. The fourth-order valence-electron chi connectivity index (χ4n) is 2.01. The zero-order valence-corrected chi connectivity index (χ0v) is 14.5. The predicted molar refractivity (Wildman–Crippen MR) is 95.0 cm³/mol. The van der Waals surface area contributed by atoms with E-state index < -0.39 is 0 Å². The van der Waals surface area contributed by atoms with E-state index in [0.717, 1.165) is 6.42 Å². The number of ether oxygens (including phenoxy) is 1. The van der Waals surface area contributed by atoms with Gasteiger partial charge in [-0.25, -0.2) is 0 Å². The Labute approximate surface area is 146 Å². The maximum Gasteiger partial charge on any atom is 0.268 e. The molecular formula is C19H22N2O4. The molecule has 0 bridgehead atoms. The van der Waals surface area contributed by atoms with Crippen LogP contribution in [0.3, 0.4) is 0 Å². The van der Waals surface area contributed by atoms with E-state index in [1.54, 1.807) is 43.5 Å². The summed E-state index contributed by atoms with van der Waals surface area (Å²) in [5, 5.41) is 5.48. The molecular weight excluding hydrogens is 320 g/mol. The minimum absolute atomic E-state index is 0.00890. The summed E-state index contributed by atoms with van der Waals surface area (Å²) in [4.78, 5) is 24.9. The summed E-state index contributed by atoms with van der Waals surface area (Å²) < 4.78 is 10.3. The van der Waals surface area contributed by atoms with Crippen LogP contribution < -0.4 is 15.4 Å². The Morgan fingerprint density at radius 2 is 1.96 bits per heavy atom. The van der Waals surface area contributed by atoms with Gasteiger partial charge in [0.05, 0.1) is 13.4 Å². The molecule has 25 heavy (non-hydrogen) atoms. The molecule has 0 fully saturated rings. The Morgan fingerprint density at radius 3 is 2.52 bits per heavy atom. The van der Waals surface area contributed by atoms with Crippen LogP contribution in [-0.4, -0.2) is 25.0 Å².